The number of rotatable bonds is 2. The highest BCUT2D eigenvalue weighted by Crippen LogP contribution is 2.25. The second-order valence-electron chi connectivity index (χ2n) is 3.23. The first-order chi connectivity index (χ1) is 6.29. The molecule has 1 fully saturated rings. The van der Waals surface area contributed by atoms with Crippen molar-refractivity contribution in [3.05, 3.63) is 35.9 Å². The highest BCUT2D eigenvalue weighted by molar-refractivity contribution is 5.94. The van der Waals surface area contributed by atoms with Crippen molar-refractivity contribution in [1.82, 2.24) is 5.01 Å². The summed E-state index contributed by atoms with van der Waals surface area (Å²) in [7, 11) is 0. The van der Waals surface area contributed by atoms with Crippen LogP contribution in [0.15, 0.2) is 24.3 Å². The molecule has 1 aliphatic rings. The summed E-state index contributed by atoms with van der Waals surface area (Å²) in [4.78, 5) is 11.6. The zero-order valence-electron chi connectivity index (χ0n) is 7.23. The van der Waals surface area contributed by atoms with Crippen LogP contribution in [0.2, 0.25) is 0 Å². The van der Waals surface area contributed by atoms with E-state index in [1.54, 1.807) is 24.3 Å². The van der Waals surface area contributed by atoms with E-state index in [1.165, 1.54) is 5.01 Å². The van der Waals surface area contributed by atoms with Crippen molar-refractivity contribution in [2.45, 2.75) is 18.9 Å². The maximum atomic E-state index is 11.6. The minimum Gasteiger partial charge on any atom is -0.274 e. The van der Waals surface area contributed by atoms with E-state index in [0.717, 1.165) is 12.8 Å². The molecule has 1 saturated carbocycles. The minimum absolute atomic E-state index is 0.100. The molecule has 13 heavy (non-hydrogen) atoms. The predicted octanol–water partition coefficient (Wildman–Crippen LogP) is 0.965. The summed E-state index contributed by atoms with van der Waals surface area (Å²) >= 11 is 0. The van der Waals surface area contributed by atoms with Crippen LogP contribution < -0.4 is 5.84 Å². The maximum Gasteiger partial charge on any atom is 0.268 e. The highest BCUT2D eigenvalue weighted by atomic mass is 16.2. The molecule has 1 aromatic carbocycles. The van der Waals surface area contributed by atoms with Crippen LogP contribution in [-0.2, 0) is 0 Å². The molecule has 1 radical (unpaired) electrons. The molecule has 0 spiro atoms. The lowest BCUT2D eigenvalue weighted by Gasteiger charge is -2.15. The molecule has 3 nitrogen and oxygen atoms in total. The third kappa shape index (κ3) is 1.70. The van der Waals surface area contributed by atoms with Gasteiger partial charge in [0, 0.05) is 11.6 Å². The molecule has 3 heteroatoms. The Labute approximate surface area is 77.1 Å². The van der Waals surface area contributed by atoms with E-state index in [2.05, 4.69) is 6.07 Å². The number of nitrogens with zero attached hydrogens (tertiary/aromatic N) is 1. The normalized spacial score (nSPS) is 15.5. The van der Waals surface area contributed by atoms with Crippen LogP contribution in [0.4, 0.5) is 0 Å². The number of hydrogen-bond donors (Lipinski definition) is 1. The number of carbonyl (C=O) groups excluding carboxylic acids is 1. The first-order valence-electron chi connectivity index (χ1n) is 4.33. The average molecular weight is 175 g/mol. The first-order valence-corrected chi connectivity index (χ1v) is 4.33. The van der Waals surface area contributed by atoms with Gasteiger partial charge in [0.15, 0.2) is 0 Å². The lowest BCUT2D eigenvalue weighted by Crippen LogP contribution is -2.39. The van der Waals surface area contributed by atoms with Crippen LogP contribution in [0.5, 0.6) is 0 Å². The van der Waals surface area contributed by atoms with Crippen molar-refractivity contribution >= 4 is 5.91 Å². The van der Waals surface area contributed by atoms with Gasteiger partial charge in [-0.3, -0.25) is 9.80 Å². The van der Waals surface area contributed by atoms with E-state index in [1.807, 2.05) is 0 Å². The van der Waals surface area contributed by atoms with Crippen molar-refractivity contribution < 1.29 is 4.79 Å². The Morgan fingerprint density at radius 2 is 2.08 bits per heavy atom. The van der Waals surface area contributed by atoms with Gasteiger partial charge in [-0.05, 0) is 31.0 Å². The predicted molar refractivity (Wildman–Crippen MR) is 48.7 cm³/mol. The quantitative estimate of drug-likeness (QED) is 0.413. The van der Waals surface area contributed by atoms with Gasteiger partial charge in [0.25, 0.3) is 5.91 Å². The molecule has 1 aromatic rings. The van der Waals surface area contributed by atoms with Gasteiger partial charge in [0.1, 0.15) is 0 Å². The standard InChI is InChI=1S/C10H11N2O/c11-12(9-6-7-9)10(13)8-4-2-1-3-5-8/h2-5,9H,6-7,11H2. The molecule has 2 N–H and O–H groups in total. The fourth-order valence-electron chi connectivity index (χ4n) is 1.20. The van der Waals surface area contributed by atoms with E-state index in [9.17, 15) is 4.79 Å². The molecule has 2 rings (SSSR count). The smallest absolute Gasteiger partial charge is 0.268 e. The van der Waals surface area contributed by atoms with E-state index in [0.29, 0.717) is 5.56 Å². The third-order valence-corrected chi connectivity index (χ3v) is 2.14. The minimum atomic E-state index is -0.100. The molecule has 0 bridgehead atoms. The molecular formula is C10H11N2O. The molecule has 0 aliphatic heterocycles. The van der Waals surface area contributed by atoms with E-state index in [4.69, 9.17) is 5.84 Å². The Bertz CT molecular complexity index is 306. The van der Waals surface area contributed by atoms with Crippen LogP contribution in [0, 0.1) is 6.07 Å². The van der Waals surface area contributed by atoms with Crippen LogP contribution >= 0.6 is 0 Å². The van der Waals surface area contributed by atoms with Crippen molar-refractivity contribution in [2.75, 3.05) is 0 Å². The molecule has 0 atom stereocenters. The summed E-state index contributed by atoms with van der Waals surface area (Å²) in [6, 6.07) is 10.0. The van der Waals surface area contributed by atoms with Crippen LogP contribution in [0.1, 0.15) is 23.2 Å². The lowest BCUT2D eigenvalue weighted by atomic mass is 10.2. The van der Waals surface area contributed by atoms with Gasteiger partial charge in [-0.25, -0.2) is 5.84 Å². The molecule has 67 valence electrons. The van der Waals surface area contributed by atoms with Crippen LogP contribution in [0.25, 0.3) is 0 Å². The second-order valence-corrected chi connectivity index (χ2v) is 3.23. The van der Waals surface area contributed by atoms with Gasteiger partial charge < -0.3 is 0 Å². The van der Waals surface area contributed by atoms with E-state index in [-0.39, 0.29) is 11.9 Å². The molecule has 0 aromatic heterocycles. The van der Waals surface area contributed by atoms with E-state index >= 15 is 0 Å². The zero-order chi connectivity index (χ0) is 9.26. The Morgan fingerprint density at radius 3 is 2.62 bits per heavy atom. The summed E-state index contributed by atoms with van der Waals surface area (Å²) in [5.74, 6) is 5.53. The SMILES string of the molecule is NN(C(=O)c1cc[c]cc1)C1CC1. The Morgan fingerprint density at radius 1 is 1.46 bits per heavy atom. The number of benzene rings is 1. The highest BCUT2D eigenvalue weighted by Gasteiger charge is 2.30. The molecule has 0 heterocycles. The number of carbonyl (C=O) groups is 1. The Kier molecular flexibility index (Phi) is 2.02. The largest absolute Gasteiger partial charge is 0.274 e. The maximum absolute atomic E-state index is 11.6. The molecule has 0 saturated heterocycles. The summed E-state index contributed by atoms with van der Waals surface area (Å²) < 4.78 is 0. The molecule has 1 amide bonds. The van der Waals surface area contributed by atoms with Gasteiger partial charge in [-0.2, -0.15) is 0 Å². The zero-order valence-corrected chi connectivity index (χ0v) is 7.23. The van der Waals surface area contributed by atoms with Gasteiger partial charge in [0.05, 0.1) is 0 Å². The number of hydrazine groups is 1. The fraction of sp³-hybridized carbons (Fsp3) is 0.300. The van der Waals surface area contributed by atoms with Crippen molar-refractivity contribution in [2.24, 2.45) is 5.84 Å². The van der Waals surface area contributed by atoms with Gasteiger partial charge in [-0.1, -0.05) is 12.1 Å². The summed E-state index contributed by atoms with van der Waals surface area (Å²) in [6.45, 7) is 0. The topological polar surface area (TPSA) is 46.3 Å². The number of amides is 1. The van der Waals surface area contributed by atoms with Crippen LogP contribution in [-0.4, -0.2) is 17.0 Å². The van der Waals surface area contributed by atoms with Crippen molar-refractivity contribution in [3.8, 4) is 0 Å². The summed E-state index contributed by atoms with van der Waals surface area (Å²) in [6.07, 6.45) is 2.06. The lowest BCUT2D eigenvalue weighted by molar-refractivity contribution is 0.0743. The molecule has 1 aliphatic carbocycles. The monoisotopic (exact) mass is 175 g/mol. The average Bonchev–Trinajstić information content (AvgIpc) is 3.00. The third-order valence-electron chi connectivity index (χ3n) is 2.14. The first kappa shape index (κ1) is 8.26. The van der Waals surface area contributed by atoms with Crippen LogP contribution in [0.3, 0.4) is 0 Å². The van der Waals surface area contributed by atoms with E-state index < -0.39 is 0 Å². The van der Waals surface area contributed by atoms with Gasteiger partial charge in [-0.15, -0.1) is 0 Å². The number of hydrogen-bond acceptors (Lipinski definition) is 2. The fourth-order valence-corrected chi connectivity index (χ4v) is 1.20. The summed E-state index contributed by atoms with van der Waals surface area (Å²) in [5, 5.41) is 1.33. The second kappa shape index (κ2) is 3.18. The molecular weight excluding hydrogens is 164 g/mol. The van der Waals surface area contributed by atoms with Crippen molar-refractivity contribution in [3.63, 3.8) is 0 Å². The van der Waals surface area contributed by atoms with Gasteiger partial charge >= 0.3 is 0 Å². The number of nitrogens with two attached hydrogens (primary N) is 1. The van der Waals surface area contributed by atoms with Gasteiger partial charge in [0.2, 0.25) is 0 Å². The Balaban J connectivity index is 2.12. The summed E-state index contributed by atoms with van der Waals surface area (Å²) in [5.41, 5.74) is 0.633. The van der Waals surface area contributed by atoms with Crippen molar-refractivity contribution in [1.29, 1.82) is 0 Å². The Hall–Kier alpha value is -1.35. The molecule has 0 unspecified atom stereocenters.